The summed E-state index contributed by atoms with van der Waals surface area (Å²) in [5.41, 5.74) is 8.92. The molecule has 0 spiro atoms. The summed E-state index contributed by atoms with van der Waals surface area (Å²) in [6.45, 7) is 6.61. The highest BCUT2D eigenvalue weighted by Crippen LogP contribution is 2.26. The van der Waals surface area contributed by atoms with Gasteiger partial charge in [0, 0.05) is 25.0 Å². The number of primary amides is 1. The molecule has 1 fully saturated rings. The van der Waals surface area contributed by atoms with E-state index in [4.69, 9.17) is 5.73 Å². The number of imidazole rings is 1. The van der Waals surface area contributed by atoms with E-state index in [1.165, 1.54) is 22.9 Å². The zero-order valence-corrected chi connectivity index (χ0v) is 16.8. The van der Waals surface area contributed by atoms with E-state index in [9.17, 15) is 9.59 Å². The molecule has 1 aliphatic heterocycles. The van der Waals surface area contributed by atoms with Crippen LogP contribution in [0, 0.1) is 19.8 Å². The molecule has 0 radical (unpaired) electrons. The summed E-state index contributed by atoms with van der Waals surface area (Å²) >= 11 is 1.42. The lowest BCUT2D eigenvalue weighted by molar-refractivity contribution is -0.135. The van der Waals surface area contributed by atoms with Crippen LogP contribution in [0.3, 0.4) is 0 Å². The highest BCUT2D eigenvalue weighted by Gasteiger charge is 2.31. The topological polar surface area (TPSA) is 81.2 Å². The Morgan fingerprint density at radius 2 is 2.07 bits per heavy atom. The molecule has 2 N–H and O–H groups in total. The van der Waals surface area contributed by atoms with E-state index >= 15 is 0 Å². The fourth-order valence-corrected chi connectivity index (χ4v) is 4.32. The number of thioether (sulfide) groups is 1. The number of nitrogens with two attached hydrogens (primary N) is 1. The molecule has 3 rings (SSSR count). The Labute approximate surface area is 164 Å². The van der Waals surface area contributed by atoms with Gasteiger partial charge in [-0.1, -0.05) is 23.9 Å². The van der Waals surface area contributed by atoms with E-state index < -0.39 is 0 Å². The molecule has 1 aliphatic rings. The highest BCUT2D eigenvalue weighted by molar-refractivity contribution is 7.99. The largest absolute Gasteiger partial charge is 0.369 e. The van der Waals surface area contributed by atoms with Crippen LogP contribution in [-0.4, -0.2) is 44.6 Å². The van der Waals surface area contributed by atoms with Crippen LogP contribution in [-0.2, 0) is 9.59 Å². The highest BCUT2D eigenvalue weighted by atomic mass is 32.2. The second kappa shape index (κ2) is 8.17. The van der Waals surface area contributed by atoms with Gasteiger partial charge in [0.15, 0.2) is 5.16 Å². The van der Waals surface area contributed by atoms with Crippen molar-refractivity contribution in [3.05, 3.63) is 41.7 Å². The normalized spacial score (nSPS) is 19.9. The molecule has 2 unspecified atom stereocenters. The molecule has 0 saturated carbocycles. The average molecular weight is 387 g/mol. The lowest BCUT2D eigenvalue weighted by atomic mass is 9.93. The van der Waals surface area contributed by atoms with Gasteiger partial charge in [0.1, 0.15) is 0 Å². The van der Waals surface area contributed by atoms with Gasteiger partial charge >= 0.3 is 0 Å². The summed E-state index contributed by atoms with van der Waals surface area (Å²) in [5, 5.41) is 0.785. The minimum Gasteiger partial charge on any atom is -0.369 e. The molecule has 2 aromatic rings. The first-order valence-corrected chi connectivity index (χ1v) is 10.2. The number of rotatable bonds is 5. The molecular formula is C20H26N4O2S. The first-order chi connectivity index (χ1) is 12.9. The Kier molecular flexibility index (Phi) is 5.89. The molecule has 1 aromatic carbocycles. The third-order valence-corrected chi connectivity index (χ3v) is 6.32. The predicted octanol–water partition coefficient (Wildman–Crippen LogP) is 2.69. The van der Waals surface area contributed by atoms with Crippen LogP contribution in [0.5, 0.6) is 0 Å². The number of carbonyl (C=O) groups is 2. The van der Waals surface area contributed by atoms with Gasteiger partial charge in [-0.3, -0.25) is 14.2 Å². The zero-order chi connectivity index (χ0) is 19.6. The van der Waals surface area contributed by atoms with Crippen LogP contribution < -0.4 is 5.73 Å². The number of hydrogen-bond donors (Lipinski definition) is 1. The maximum absolute atomic E-state index is 12.8. The molecule has 1 saturated heterocycles. The van der Waals surface area contributed by atoms with Crippen molar-refractivity contribution < 1.29 is 9.59 Å². The lowest BCUT2D eigenvalue weighted by Crippen LogP contribution is -2.49. The molecule has 0 aliphatic carbocycles. The fraction of sp³-hybridized carbons (Fsp3) is 0.450. The summed E-state index contributed by atoms with van der Waals surface area (Å²) in [4.78, 5) is 30.5. The molecule has 0 bridgehead atoms. The second-order valence-corrected chi connectivity index (χ2v) is 8.10. The SMILES string of the molecule is Cc1cccc(-n2ccnc2SCC(=O)N2CC(C(N)=O)CCC2C)c1C. The first-order valence-electron chi connectivity index (χ1n) is 9.20. The van der Waals surface area contributed by atoms with Gasteiger partial charge in [-0.15, -0.1) is 0 Å². The van der Waals surface area contributed by atoms with Crippen molar-refractivity contribution in [2.24, 2.45) is 11.7 Å². The standard InChI is InChI=1S/C20H26N4O2S/c1-13-5-4-6-17(15(13)3)23-10-9-22-20(23)27-12-18(25)24-11-16(19(21)26)8-7-14(24)2/h4-6,9-10,14,16H,7-8,11-12H2,1-3H3,(H2,21,26). The Morgan fingerprint density at radius 3 is 2.81 bits per heavy atom. The van der Waals surface area contributed by atoms with Crippen LogP contribution >= 0.6 is 11.8 Å². The molecule has 6 nitrogen and oxygen atoms in total. The molecule has 144 valence electrons. The summed E-state index contributed by atoms with van der Waals surface area (Å²) in [6, 6.07) is 6.29. The van der Waals surface area contributed by atoms with Crippen LogP contribution in [0.1, 0.15) is 30.9 Å². The summed E-state index contributed by atoms with van der Waals surface area (Å²) in [5.74, 6) is -0.253. The lowest BCUT2D eigenvalue weighted by Gasteiger charge is -2.36. The Hall–Kier alpha value is -2.28. The number of aryl methyl sites for hydroxylation is 1. The molecule has 7 heteroatoms. The van der Waals surface area contributed by atoms with E-state index in [0.29, 0.717) is 6.54 Å². The van der Waals surface area contributed by atoms with Crippen LogP contribution in [0.15, 0.2) is 35.7 Å². The molecule has 2 amide bonds. The average Bonchev–Trinajstić information content (AvgIpc) is 3.10. The van der Waals surface area contributed by atoms with Crippen LogP contribution in [0.4, 0.5) is 0 Å². The van der Waals surface area contributed by atoms with E-state index in [2.05, 4.69) is 31.0 Å². The zero-order valence-electron chi connectivity index (χ0n) is 16.0. The predicted molar refractivity (Wildman–Crippen MR) is 107 cm³/mol. The van der Waals surface area contributed by atoms with Crippen molar-refractivity contribution in [1.29, 1.82) is 0 Å². The number of aromatic nitrogens is 2. The minimum absolute atomic E-state index is 0.0222. The summed E-state index contributed by atoms with van der Waals surface area (Å²) in [7, 11) is 0. The Bertz CT molecular complexity index is 848. The van der Waals surface area contributed by atoms with E-state index in [0.717, 1.165) is 23.7 Å². The smallest absolute Gasteiger partial charge is 0.233 e. The van der Waals surface area contributed by atoms with Gasteiger partial charge in [-0.05, 0) is 50.8 Å². The van der Waals surface area contributed by atoms with Gasteiger partial charge in [0.25, 0.3) is 0 Å². The molecule has 2 heterocycles. The van der Waals surface area contributed by atoms with E-state index in [1.807, 2.05) is 23.8 Å². The number of nitrogens with zero attached hydrogens (tertiary/aromatic N) is 3. The maximum atomic E-state index is 12.8. The number of likely N-dealkylation sites (tertiary alicyclic amines) is 1. The van der Waals surface area contributed by atoms with Crippen molar-refractivity contribution in [1.82, 2.24) is 14.5 Å². The van der Waals surface area contributed by atoms with Crippen LogP contribution in [0.25, 0.3) is 5.69 Å². The Morgan fingerprint density at radius 1 is 1.30 bits per heavy atom. The van der Waals surface area contributed by atoms with Gasteiger partial charge in [0.05, 0.1) is 17.4 Å². The van der Waals surface area contributed by atoms with Gasteiger partial charge in [-0.25, -0.2) is 4.98 Å². The first kappa shape index (κ1) is 19.5. The molecular weight excluding hydrogens is 360 g/mol. The van der Waals surface area contributed by atoms with Crippen molar-refractivity contribution in [2.45, 2.75) is 44.8 Å². The van der Waals surface area contributed by atoms with Crippen molar-refractivity contribution in [3.63, 3.8) is 0 Å². The quantitative estimate of drug-likeness (QED) is 0.801. The summed E-state index contributed by atoms with van der Waals surface area (Å²) < 4.78 is 2.02. The maximum Gasteiger partial charge on any atom is 0.233 e. The van der Waals surface area contributed by atoms with Crippen molar-refractivity contribution >= 4 is 23.6 Å². The van der Waals surface area contributed by atoms with Crippen molar-refractivity contribution in [3.8, 4) is 5.69 Å². The summed E-state index contributed by atoms with van der Waals surface area (Å²) in [6.07, 6.45) is 5.23. The van der Waals surface area contributed by atoms with Gasteiger partial charge in [-0.2, -0.15) is 0 Å². The number of benzene rings is 1. The van der Waals surface area contributed by atoms with E-state index in [1.54, 1.807) is 11.1 Å². The minimum atomic E-state index is -0.321. The molecule has 2 atom stereocenters. The Balaban J connectivity index is 1.71. The molecule has 27 heavy (non-hydrogen) atoms. The number of hydrogen-bond acceptors (Lipinski definition) is 4. The third kappa shape index (κ3) is 4.18. The van der Waals surface area contributed by atoms with Gasteiger partial charge in [0.2, 0.25) is 11.8 Å². The van der Waals surface area contributed by atoms with Crippen LogP contribution in [0.2, 0.25) is 0 Å². The number of amides is 2. The fourth-order valence-electron chi connectivity index (χ4n) is 3.47. The molecule has 1 aromatic heterocycles. The van der Waals surface area contributed by atoms with Gasteiger partial charge < -0.3 is 10.6 Å². The second-order valence-electron chi connectivity index (χ2n) is 7.16. The van der Waals surface area contributed by atoms with E-state index in [-0.39, 0.29) is 29.5 Å². The number of piperidine rings is 1. The third-order valence-electron chi connectivity index (χ3n) is 5.37. The number of carbonyl (C=O) groups excluding carboxylic acids is 2. The monoisotopic (exact) mass is 386 g/mol. The van der Waals surface area contributed by atoms with Crippen molar-refractivity contribution in [2.75, 3.05) is 12.3 Å².